The summed E-state index contributed by atoms with van der Waals surface area (Å²) in [6.45, 7) is 1.53. The number of hydrogen-bond donors (Lipinski definition) is 1. The first-order valence-electron chi connectivity index (χ1n) is 6.65. The Hall–Kier alpha value is -1.78. The van der Waals surface area contributed by atoms with Gasteiger partial charge in [-0.2, -0.15) is 0 Å². The maximum atomic E-state index is 13.9. The van der Waals surface area contributed by atoms with Gasteiger partial charge in [0.15, 0.2) is 0 Å². The van der Waals surface area contributed by atoms with Gasteiger partial charge in [-0.1, -0.05) is 30.3 Å². The van der Waals surface area contributed by atoms with Gasteiger partial charge in [0, 0.05) is 25.2 Å². The first-order valence-corrected chi connectivity index (χ1v) is 6.65. The van der Waals surface area contributed by atoms with Gasteiger partial charge in [-0.3, -0.25) is 4.90 Å². The lowest BCUT2D eigenvalue weighted by molar-refractivity contribution is 0.196. The van der Waals surface area contributed by atoms with Crippen molar-refractivity contribution >= 4 is 0 Å². The molecule has 0 saturated carbocycles. The summed E-state index contributed by atoms with van der Waals surface area (Å²) in [4.78, 5) is 2.02. The predicted molar refractivity (Wildman–Crippen MR) is 73.8 cm³/mol. The number of nitrogens with two attached hydrogens (primary N) is 1. The molecule has 1 unspecified atom stereocenters. The smallest absolute Gasteiger partial charge is 0.130 e. The van der Waals surface area contributed by atoms with Gasteiger partial charge in [-0.25, -0.2) is 8.78 Å². The number of nitrogens with zero attached hydrogens (tertiary/aromatic N) is 1. The topological polar surface area (TPSA) is 29.3 Å². The Morgan fingerprint density at radius 3 is 2.00 bits per heavy atom. The molecule has 3 rings (SSSR count). The van der Waals surface area contributed by atoms with Crippen LogP contribution in [0.15, 0.2) is 42.5 Å². The van der Waals surface area contributed by atoms with E-state index in [-0.39, 0.29) is 12.1 Å². The lowest BCUT2D eigenvalue weighted by Gasteiger charge is -2.27. The molecule has 2 N–H and O–H groups in total. The summed E-state index contributed by atoms with van der Waals surface area (Å²) >= 11 is 0. The van der Waals surface area contributed by atoms with Crippen LogP contribution in [-0.4, -0.2) is 11.4 Å². The average molecular weight is 274 g/mol. The predicted octanol–water partition coefficient (Wildman–Crippen LogP) is 2.98. The van der Waals surface area contributed by atoms with Crippen LogP contribution in [0, 0.1) is 11.6 Å². The summed E-state index contributed by atoms with van der Waals surface area (Å²) in [5, 5.41) is 0. The highest BCUT2D eigenvalue weighted by Gasteiger charge is 2.29. The van der Waals surface area contributed by atoms with E-state index >= 15 is 0 Å². The van der Waals surface area contributed by atoms with Crippen molar-refractivity contribution in [3.63, 3.8) is 0 Å². The Morgan fingerprint density at radius 2 is 1.50 bits per heavy atom. The van der Waals surface area contributed by atoms with Crippen LogP contribution in [0.5, 0.6) is 0 Å². The maximum Gasteiger partial charge on any atom is 0.130 e. The first-order chi connectivity index (χ1) is 9.70. The molecule has 4 heteroatoms. The molecule has 1 aliphatic heterocycles. The summed E-state index contributed by atoms with van der Waals surface area (Å²) in [6.07, 6.45) is 0. The van der Waals surface area contributed by atoms with Crippen LogP contribution in [0.25, 0.3) is 0 Å². The maximum absolute atomic E-state index is 13.9. The fourth-order valence-corrected chi connectivity index (χ4v) is 2.86. The number of halogens is 2. The zero-order valence-electron chi connectivity index (χ0n) is 11.0. The van der Waals surface area contributed by atoms with Crippen molar-refractivity contribution in [1.29, 1.82) is 0 Å². The summed E-state index contributed by atoms with van der Waals surface area (Å²) < 4.78 is 27.9. The van der Waals surface area contributed by atoms with Gasteiger partial charge < -0.3 is 5.73 Å². The molecular formula is C16H16F2N2. The molecule has 0 fully saturated rings. The molecule has 2 aromatic carbocycles. The van der Waals surface area contributed by atoms with Gasteiger partial charge >= 0.3 is 0 Å². The molecular weight excluding hydrogens is 258 g/mol. The van der Waals surface area contributed by atoms with E-state index in [0.29, 0.717) is 13.1 Å². The fourth-order valence-electron chi connectivity index (χ4n) is 2.86. The molecule has 0 radical (unpaired) electrons. The molecule has 1 heterocycles. The van der Waals surface area contributed by atoms with Crippen LogP contribution < -0.4 is 5.73 Å². The highest BCUT2D eigenvalue weighted by atomic mass is 19.1. The standard InChI is InChI=1S/C16H16F2N2/c17-13-6-3-7-14(18)16(13)15(8-19)20-9-11-4-1-2-5-12(11)10-20/h1-7,15H,8-10,19H2. The second-order valence-electron chi connectivity index (χ2n) is 5.06. The third kappa shape index (κ3) is 2.21. The Labute approximate surface area is 116 Å². The molecule has 0 aromatic heterocycles. The van der Waals surface area contributed by atoms with Crippen molar-refractivity contribution in [2.75, 3.05) is 6.54 Å². The lowest BCUT2D eigenvalue weighted by atomic mass is 10.0. The number of hydrogen-bond acceptors (Lipinski definition) is 2. The molecule has 0 aliphatic carbocycles. The first kappa shape index (κ1) is 13.2. The van der Waals surface area contributed by atoms with Crippen LogP contribution in [0.1, 0.15) is 22.7 Å². The Morgan fingerprint density at radius 1 is 0.950 bits per heavy atom. The van der Waals surface area contributed by atoms with Crippen LogP contribution in [0.2, 0.25) is 0 Å². The van der Waals surface area contributed by atoms with Crippen LogP contribution in [0.3, 0.4) is 0 Å². The second kappa shape index (κ2) is 5.31. The van der Waals surface area contributed by atoms with Crippen molar-refractivity contribution in [2.24, 2.45) is 5.73 Å². The van der Waals surface area contributed by atoms with E-state index in [4.69, 9.17) is 5.73 Å². The normalized spacial score (nSPS) is 16.1. The zero-order chi connectivity index (χ0) is 14.1. The number of fused-ring (bicyclic) bond motifs is 1. The molecule has 1 aliphatic rings. The van der Waals surface area contributed by atoms with E-state index in [2.05, 4.69) is 0 Å². The molecule has 20 heavy (non-hydrogen) atoms. The van der Waals surface area contributed by atoms with Crippen molar-refractivity contribution < 1.29 is 8.78 Å². The largest absolute Gasteiger partial charge is 0.329 e. The number of benzene rings is 2. The van der Waals surface area contributed by atoms with E-state index in [1.807, 2.05) is 29.2 Å². The summed E-state index contributed by atoms with van der Waals surface area (Å²) in [5.41, 5.74) is 8.25. The third-order valence-corrected chi connectivity index (χ3v) is 3.86. The summed E-state index contributed by atoms with van der Waals surface area (Å²) in [6, 6.07) is 11.5. The molecule has 0 spiro atoms. The van der Waals surface area contributed by atoms with Crippen LogP contribution >= 0.6 is 0 Å². The van der Waals surface area contributed by atoms with E-state index in [1.165, 1.54) is 29.3 Å². The molecule has 0 bridgehead atoms. The Bertz CT molecular complexity index is 582. The Kier molecular flexibility index (Phi) is 3.51. The van der Waals surface area contributed by atoms with Crippen molar-refractivity contribution in [3.05, 3.63) is 70.8 Å². The SMILES string of the molecule is NCC(c1c(F)cccc1F)N1Cc2ccccc2C1. The minimum Gasteiger partial charge on any atom is -0.329 e. The van der Waals surface area contributed by atoms with E-state index in [1.54, 1.807) is 0 Å². The monoisotopic (exact) mass is 274 g/mol. The van der Waals surface area contributed by atoms with Gasteiger partial charge in [-0.15, -0.1) is 0 Å². The Balaban J connectivity index is 1.93. The van der Waals surface area contributed by atoms with Gasteiger partial charge in [0.1, 0.15) is 11.6 Å². The molecule has 1 atom stereocenters. The molecule has 0 saturated heterocycles. The molecule has 104 valence electrons. The average Bonchev–Trinajstić information content (AvgIpc) is 2.86. The van der Waals surface area contributed by atoms with Crippen LogP contribution in [-0.2, 0) is 13.1 Å². The summed E-state index contributed by atoms with van der Waals surface area (Å²) in [5.74, 6) is -1.06. The van der Waals surface area contributed by atoms with Gasteiger partial charge in [-0.05, 0) is 23.3 Å². The summed E-state index contributed by atoms with van der Waals surface area (Å²) in [7, 11) is 0. The van der Waals surface area contributed by atoms with E-state index in [0.717, 1.165) is 0 Å². The third-order valence-electron chi connectivity index (χ3n) is 3.86. The minimum absolute atomic E-state index is 0.0720. The molecule has 2 nitrogen and oxygen atoms in total. The number of rotatable bonds is 3. The fraction of sp³-hybridized carbons (Fsp3) is 0.250. The van der Waals surface area contributed by atoms with Crippen molar-refractivity contribution in [3.8, 4) is 0 Å². The quantitative estimate of drug-likeness (QED) is 0.932. The van der Waals surface area contributed by atoms with Crippen molar-refractivity contribution in [2.45, 2.75) is 19.1 Å². The van der Waals surface area contributed by atoms with Gasteiger partial charge in [0.05, 0.1) is 6.04 Å². The van der Waals surface area contributed by atoms with Crippen LogP contribution in [0.4, 0.5) is 8.78 Å². The van der Waals surface area contributed by atoms with Gasteiger partial charge in [0.25, 0.3) is 0 Å². The lowest BCUT2D eigenvalue weighted by Crippen LogP contribution is -2.31. The highest BCUT2D eigenvalue weighted by molar-refractivity contribution is 5.32. The van der Waals surface area contributed by atoms with Gasteiger partial charge in [0.2, 0.25) is 0 Å². The van der Waals surface area contributed by atoms with Crippen molar-refractivity contribution in [1.82, 2.24) is 4.90 Å². The van der Waals surface area contributed by atoms with E-state index < -0.39 is 17.7 Å². The zero-order valence-corrected chi connectivity index (χ0v) is 11.0. The second-order valence-corrected chi connectivity index (χ2v) is 5.06. The van der Waals surface area contributed by atoms with E-state index in [9.17, 15) is 8.78 Å². The minimum atomic E-state index is -0.531. The highest BCUT2D eigenvalue weighted by Crippen LogP contribution is 2.32. The molecule has 0 amide bonds. The molecule has 2 aromatic rings.